The highest BCUT2D eigenvalue weighted by atomic mass is 35.5. The van der Waals surface area contributed by atoms with Gasteiger partial charge < -0.3 is 11.1 Å². The van der Waals surface area contributed by atoms with Gasteiger partial charge in [0.25, 0.3) is 0 Å². The van der Waals surface area contributed by atoms with Crippen molar-refractivity contribution >= 4 is 24.0 Å². The average molecular weight is 283 g/mol. The van der Waals surface area contributed by atoms with Gasteiger partial charge in [0.1, 0.15) is 0 Å². The summed E-state index contributed by atoms with van der Waals surface area (Å²) in [6.45, 7) is 2.19. The SMILES string of the molecule is CCCC1CC1NC(=O)CCc1ccccc1N.Cl. The minimum Gasteiger partial charge on any atom is -0.399 e. The summed E-state index contributed by atoms with van der Waals surface area (Å²) in [5, 5.41) is 3.10. The van der Waals surface area contributed by atoms with E-state index in [4.69, 9.17) is 5.73 Å². The molecule has 0 saturated heterocycles. The Morgan fingerprint density at radius 2 is 2.16 bits per heavy atom. The van der Waals surface area contributed by atoms with Gasteiger partial charge in [0.15, 0.2) is 0 Å². The Kier molecular flexibility index (Phi) is 6.16. The Bertz CT molecular complexity index is 422. The quantitative estimate of drug-likeness (QED) is 0.788. The first kappa shape index (κ1) is 15.8. The van der Waals surface area contributed by atoms with E-state index in [0.717, 1.165) is 30.0 Å². The molecule has 1 aromatic rings. The molecule has 4 heteroatoms. The Balaban J connectivity index is 0.00000180. The maximum Gasteiger partial charge on any atom is 0.220 e. The van der Waals surface area contributed by atoms with Crippen LogP contribution < -0.4 is 11.1 Å². The van der Waals surface area contributed by atoms with Crippen molar-refractivity contribution < 1.29 is 4.79 Å². The number of benzene rings is 1. The summed E-state index contributed by atoms with van der Waals surface area (Å²) >= 11 is 0. The van der Waals surface area contributed by atoms with Crippen LogP contribution in [-0.2, 0) is 11.2 Å². The summed E-state index contributed by atoms with van der Waals surface area (Å²) in [6.07, 6.45) is 4.86. The van der Waals surface area contributed by atoms with E-state index in [-0.39, 0.29) is 18.3 Å². The summed E-state index contributed by atoms with van der Waals surface area (Å²) in [7, 11) is 0. The standard InChI is InChI=1S/C15H22N2O.ClH/c1-2-5-12-10-14(12)17-15(18)9-8-11-6-3-4-7-13(11)16;/h3-4,6-7,12,14H,2,5,8-10,16H2,1H3,(H,17,18);1H. The molecule has 0 spiro atoms. The zero-order chi connectivity index (χ0) is 13.0. The molecule has 106 valence electrons. The summed E-state index contributed by atoms with van der Waals surface area (Å²) in [5.74, 6) is 0.877. The molecule has 3 nitrogen and oxygen atoms in total. The van der Waals surface area contributed by atoms with Crippen molar-refractivity contribution in [1.82, 2.24) is 5.32 Å². The van der Waals surface area contributed by atoms with Gasteiger partial charge in [-0.3, -0.25) is 4.79 Å². The molecule has 2 atom stereocenters. The van der Waals surface area contributed by atoms with Crippen molar-refractivity contribution in [3.05, 3.63) is 29.8 Å². The Morgan fingerprint density at radius 3 is 2.84 bits per heavy atom. The lowest BCUT2D eigenvalue weighted by Crippen LogP contribution is -2.27. The van der Waals surface area contributed by atoms with Gasteiger partial charge >= 0.3 is 0 Å². The number of nitrogens with one attached hydrogen (secondary N) is 1. The largest absolute Gasteiger partial charge is 0.399 e. The maximum absolute atomic E-state index is 11.8. The highest BCUT2D eigenvalue weighted by molar-refractivity contribution is 5.85. The predicted octanol–water partition coefficient (Wildman–Crippen LogP) is 2.93. The summed E-state index contributed by atoms with van der Waals surface area (Å²) in [6, 6.07) is 8.18. The third-order valence-electron chi connectivity index (χ3n) is 3.60. The highest BCUT2D eigenvalue weighted by Crippen LogP contribution is 2.34. The van der Waals surface area contributed by atoms with Gasteiger partial charge in [0.05, 0.1) is 0 Å². The van der Waals surface area contributed by atoms with E-state index in [0.29, 0.717) is 12.5 Å². The fourth-order valence-electron chi connectivity index (χ4n) is 2.40. The number of carbonyl (C=O) groups is 1. The van der Waals surface area contributed by atoms with Crippen LogP contribution >= 0.6 is 12.4 Å². The molecule has 0 heterocycles. The molecule has 1 aliphatic carbocycles. The molecule has 0 aliphatic heterocycles. The predicted molar refractivity (Wildman–Crippen MR) is 81.4 cm³/mol. The van der Waals surface area contributed by atoms with Crippen LogP contribution in [0.4, 0.5) is 5.69 Å². The van der Waals surface area contributed by atoms with Gasteiger partial charge in [-0.05, 0) is 36.8 Å². The van der Waals surface area contributed by atoms with E-state index >= 15 is 0 Å². The van der Waals surface area contributed by atoms with Crippen LogP contribution in [0.2, 0.25) is 0 Å². The minimum atomic E-state index is 0. The Morgan fingerprint density at radius 1 is 1.42 bits per heavy atom. The molecule has 2 rings (SSSR count). The number of nitrogen functional groups attached to an aromatic ring is 1. The Hall–Kier alpha value is -1.22. The summed E-state index contributed by atoms with van der Waals surface area (Å²) in [4.78, 5) is 11.8. The van der Waals surface area contributed by atoms with Gasteiger partial charge in [-0.1, -0.05) is 31.5 Å². The van der Waals surface area contributed by atoms with Crippen molar-refractivity contribution in [2.24, 2.45) is 5.92 Å². The second-order valence-electron chi connectivity index (χ2n) is 5.16. The van der Waals surface area contributed by atoms with Crippen LogP contribution in [-0.4, -0.2) is 11.9 Å². The monoisotopic (exact) mass is 282 g/mol. The molecule has 1 aliphatic rings. The lowest BCUT2D eigenvalue weighted by molar-refractivity contribution is -0.121. The minimum absolute atomic E-state index is 0. The molecular formula is C15H23ClN2O. The van der Waals surface area contributed by atoms with Crippen LogP contribution in [0.25, 0.3) is 0 Å². The number of para-hydroxylation sites is 1. The highest BCUT2D eigenvalue weighted by Gasteiger charge is 2.36. The molecule has 0 aromatic heterocycles. The number of amides is 1. The molecular weight excluding hydrogens is 260 g/mol. The number of hydrogen-bond donors (Lipinski definition) is 2. The van der Waals surface area contributed by atoms with Gasteiger partial charge in [0, 0.05) is 18.2 Å². The molecule has 0 bridgehead atoms. The third-order valence-corrected chi connectivity index (χ3v) is 3.60. The van der Waals surface area contributed by atoms with Crippen molar-refractivity contribution in [2.45, 2.75) is 45.1 Å². The number of rotatable bonds is 6. The zero-order valence-corrected chi connectivity index (χ0v) is 12.2. The van der Waals surface area contributed by atoms with Crippen LogP contribution in [0.5, 0.6) is 0 Å². The number of carbonyl (C=O) groups excluding carboxylic acids is 1. The van der Waals surface area contributed by atoms with E-state index in [2.05, 4.69) is 12.2 Å². The second-order valence-corrected chi connectivity index (χ2v) is 5.16. The van der Waals surface area contributed by atoms with Crippen LogP contribution in [0.1, 0.15) is 38.2 Å². The first-order valence-electron chi connectivity index (χ1n) is 6.83. The smallest absolute Gasteiger partial charge is 0.220 e. The van der Waals surface area contributed by atoms with Gasteiger partial charge in [0.2, 0.25) is 5.91 Å². The fraction of sp³-hybridized carbons (Fsp3) is 0.533. The Labute approximate surface area is 121 Å². The van der Waals surface area contributed by atoms with Crippen molar-refractivity contribution in [3.8, 4) is 0 Å². The first-order chi connectivity index (χ1) is 8.70. The lowest BCUT2D eigenvalue weighted by atomic mass is 10.1. The van der Waals surface area contributed by atoms with E-state index in [1.54, 1.807) is 0 Å². The van der Waals surface area contributed by atoms with E-state index < -0.39 is 0 Å². The van der Waals surface area contributed by atoms with Crippen molar-refractivity contribution in [1.29, 1.82) is 0 Å². The average Bonchev–Trinajstić information content (AvgIpc) is 3.07. The van der Waals surface area contributed by atoms with E-state index in [1.807, 2.05) is 24.3 Å². The van der Waals surface area contributed by atoms with E-state index in [1.165, 1.54) is 12.8 Å². The van der Waals surface area contributed by atoms with Gasteiger partial charge in [-0.25, -0.2) is 0 Å². The first-order valence-corrected chi connectivity index (χ1v) is 6.83. The normalized spacial score (nSPS) is 20.5. The zero-order valence-electron chi connectivity index (χ0n) is 11.4. The van der Waals surface area contributed by atoms with Crippen LogP contribution in [0.15, 0.2) is 24.3 Å². The van der Waals surface area contributed by atoms with Crippen molar-refractivity contribution in [2.75, 3.05) is 5.73 Å². The number of anilines is 1. The topological polar surface area (TPSA) is 55.1 Å². The molecule has 1 fully saturated rings. The number of nitrogens with two attached hydrogens (primary N) is 1. The fourth-order valence-corrected chi connectivity index (χ4v) is 2.40. The molecule has 1 amide bonds. The molecule has 19 heavy (non-hydrogen) atoms. The van der Waals surface area contributed by atoms with E-state index in [9.17, 15) is 4.79 Å². The van der Waals surface area contributed by atoms with Crippen LogP contribution in [0, 0.1) is 5.92 Å². The molecule has 1 aromatic carbocycles. The van der Waals surface area contributed by atoms with Crippen LogP contribution in [0.3, 0.4) is 0 Å². The molecule has 1 saturated carbocycles. The second kappa shape index (κ2) is 7.39. The molecule has 3 N–H and O–H groups in total. The van der Waals surface area contributed by atoms with Gasteiger partial charge in [-0.15, -0.1) is 12.4 Å². The number of halogens is 1. The van der Waals surface area contributed by atoms with Crippen molar-refractivity contribution in [3.63, 3.8) is 0 Å². The summed E-state index contributed by atoms with van der Waals surface area (Å²) in [5.41, 5.74) is 7.69. The maximum atomic E-state index is 11.8. The third kappa shape index (κ3) is 4.75. The number of aryl methyl sites for hydroxylation is 1. The van der Waals surface area contributed by atoms with Gasteiger partial charge in [-0.2, -0.15) is 0 Å². The molecule has 2 unspecified atom stereocenters. The summed E-state index contributed by atoms with van der Waals surface area (Å²) < 4.78 is 0. The number of hydrogen-bond acceptors (Lipinski definition) is 2. The lowest BCUT2D eigenvalue weighted by Gasteiger charge is -2.06. The molecule has 0 radical (unpaired) electrons.